The minimum absolute atomic E-state index is 0.0844. The number of nitrogens with zero attached hydrogens (tertiary/aromatic N) is 3. The second-order valence-electron chi connectivity index (χ2n) is 10.4. The highest BCUT2D eigenvalue weighted by molar-refractivity contribution is 6.00. The molecule has 0 saturated carbocycles. The Labute approximate surface area is 226 Å². The smallest absolute Gasteiger partial charge is 0.410 e. The Bertz CT molecular complexity index is 1230. The van der Waals surface area contributed by atoms with E-state index in [1.165, 1.54) is 6.07 Å². The van der Waals surface area contributed by atoms with Crippen LogP contribution in [0.4, 0.5) is 10.6 Å². The highest BCUT2D eigenvalue weighted by atomic mass is 16.6. The lowest BCUT2D eigenvalue weighted by molar-refractivity contribution is -0.134. The lowest BCUT2D eigenvalue weighted by atomic mass is 10.0. The maximum Gasteiger partial charge on any atom is 0.410 e. The van der Waals surface area contributed by atoms with Crippen molar-refractivity contribution >= 4 is 29.7 Å². The highest BCUT2D eigenvalue weighted by Crippen LogP contribution is 2.26. The van der Waals surface area contributed by atoms with Gasteiger partial charge in [0.1, 0.15) is 22.9 Å². The van der Waals surface area contributed by atoms with E-state index in [4.69, 9.17) is 9.47 Å². The summed E-state index contributed by atoms with van der Waals surface area (Å²) in [4.78, 5) is 55.7. The number of aromatic nitrogens is 1. The first-order chi connectivity index (χ1) is 18.5. The van der Waals surface area contributed by atoms with Crippen molar-refractivity contribution in [3.63, 3.8) is 0 Å². The first-order valence-electron chi connectivity index (χ1n) is 12.8. The number of piperidine rings is 1. The van der Waals surface area contributed by atoms with Crippen molar-refractivity contribution in [2.45, 2.75) is 51.8 Å². The van der Waals surface area contributed by atoms with Crippen LogP contribution in [0.3, 0.4) is 0 Å². The number of ether oxygens (including phenoxy) is 2. The van der Waals surface area contributed by atoms with Gasteiger partial charge in [0.25, 0.3) is 0 Å². The van der Waals surface area contributed by atoms with E-state index in [2.05, 4.69) is 20.5 Å². The van der Waals surface area contributed by atoms with Crippen LogP contribution in [0.2, 0.25) is 0 Å². The standard InChI is InChI=1S/C27H33N5O7/c1-27(2,3)39-26(37)32-12-10-31(11-13-32)22-8-5-19(16-29-22)38-18-4-6-20(25(35)36)17(14-18)15-28-21-7-9-23(33)30-24(21)34/h4-6,8,14,16,21,28H,7,9-13,15H2,1-3H3,(H,35,36)(H,30,33,34). The van der Waals surface area contributed by atoms with Crippen LogP contribution in [0.1, 0.15) is 49.5 Å². The number of imide groups is 1. The molecule has 3 amide bonds. The summed E-state index contributed by atoms with van der Waals surface area (Å²) in [5.74, 6) is -0.199. The molecule has 1 aromatic heterocycles. The highest BCUT2D eigenvalue weighted by Gasteiger charge is 2.27. The third-order valence-corrected chi connectivity index (χ3v) is 6.30. The van der Waals surface area contributed by atoms with Crippen LogP contribution in [-0.2, 0) is 20.9 Å². The first-order valence-corrected chi connectivity index (χ1v) is 12.8. The quantitative estimate of drug-likeness (QED) is 0.448. The van der Waals surface area contributed by atoms with Crippen LogP contribution in [-0.4, -0.2) is 76.7 Å². The molecule has 12 nitrogen and oxygen atoms in total. The van der Waals surface area contributed by atoms with Gasteiger partial charge >= 0.3 is 12.1 Å². The molecule has 2 fully saturated rings. The summed E-state index contributed by atoms with van der Waals surface area (Å²) in [5, 5.41) is 14.9. The van der Waals surface area contributed by atoms with Gasteiger partial charge < -0.3 is 29.7 Å². The number of carbonyl (C=O) groups is 4. The molecule has 2 aliphatic rings. The van der Waals surface area contributed by atoms with E-state index in [1.807, 2.05) is 26.8 Å². The first kappa shape index (κ1) is 27.8. The van der Waals surface area contributed by atoms with Crippen molar-refractivity contribution in [3.05, 3.63) is 47.7 Å². The van der Waals surface area contributed by atoms with Gasteiger partial charge in [-0.15, -0.1) is 0 Å². The van der Waals surface area contributed by atoms with E-state index in [9.17, 15) is 24.3 Å². The molecule has 1 atom stereocenters. The minimum atomic E-state index is -1.10. The molecule has 1 aromatic carbocycles. The number of amides is 3. The summed E-state index contributed by atoms with van der Waals surface area (Å²) in [5.41, 5.74) is -0.0111. The van der Waals surface area contributed by atoms with Crippen LogP contribution in [0, 0.1) is 0 Å². The molecule has 1 unspecified atom stereocenters. The molecule has 208 valence electrons. The van der Waals surface area contributed by atoms with Crippen LogP contribution in [0.15, 0.2) is 36.5 Å². The number of piperazine rings is 1. The fourth-order valence-corrected chi connectivity index (χ4v) is 4.31. The van der Waals surface area contributed by atoms with E-state index in [0.29, 0.717) is 49.7 Å². The summed E-state index contributed by atoms with van der Waals surface area (Å²) in [6, 6.07) is 7.63. The maximum absolute atomic E-state index is 12.3. The average Bonchev–Trinajstić information content (AvgIpc) is 2.88. The molecular weight excluding hydrogens is 506 g/mol. The largest absolute Gasteiger partial charge is 0.478 e. The number of carboxylic acids is 1. The van der Waals surface area contributed by atoms with Gasteiger partial charge in [0, 0.05) is 39.1 Å². The zero-order valence-electron chi connectivity index (χ0n) is 22.2. The topological polar surface area (TPSA) is 150 Å². The Morgan fingerprint density at radius 3 is 2.44 bits per heavy atom. The van der Waals surface area contributed by atoms with Gasteiger partial charge in [-0.25, -0.2) is 14.6 Å². The van der Waals surface area contributed by atoms with Gasteiger partial charge in [-0.2, -0.15) is 0 Å². The fourth-order valence-electron chi connectivity index (χ4n) is 4.31. The summed E-state index contributed by atoms with van der Waals surface area (Å²) in [6.07, 6.45) is 1.83. The zero-order valence-corrected chi connectivity index (χ0v) is 22.2. The number of benzene rings is 1. The predicted octanol–water partition coefficient (Wildman–Crippen LogP) is 2.52. The van der Waals surface area contributed by atoms with Gasteiger partial charge in [0.2, 0.25) is 11.8 Å². The van der Waals surface area contributed by atoms with Crippen LogP contribution in [0.5, 0.6) is 11.5 Å². The Kier molecular flexibility index (Phi) is 8.34. The molecule has 4 rings (SSSR count). The fraction of sp³-hybridized carbons (Fsp3) is 0.444. The van der Waals surface area contributed by atoms with Crippen molar-refractivity contribution < 1.29 is 33.8 Å². The SMILES string of the molecule is CC(C)(C)OC(=O)N1CCN(c2ccc(Oc3ccc(C(=O)O)c(CNC4CCC(=O)NC4=O)c3)cn2)CC1. The molecule has 0 aliphatic carbocycles. The van der Waals surface area contributed by atoms with Gasteiger partial charge in [-0.05, 0) is 63.1 Å². The molecule has 39 heavy (non-hydrogen) atoms. The minimum Gasteiger partial charge on any atom is -0.478 e. The van der Waals surface area contributed by atoms with Gasteiger partial charge in [0.05, 0.1) is 17.8 Å². The Hall–Kier alpha value is -4.19. The normalized spacial score (nSPS) is 18.0. The van der Waals surface area contributed by atoms with E-state index < -0.39 is 23.5 Å². The van der Waals surface area contributed by atoms with E-state index in [1.54, 1.807) is 29.3 Å². The molecule has 2 aliphatic heterocycles. The third kappa shape index (κ3) is 7.44. The molecule has 2 saturated heterocycles. The number of carbonyl (C=O) groups excluding carboxylic acids is 3. The number of aromatic carboxylic acids is 1. The van der Waals surface area contributed by atoms with Crippen LogP contribution in [0.25, 0.3) is 0 Å². The maximum atomic E-state index is 12.3. The lowest BCUT2D eigenvalue weighted by Gasteiger charge is -2.36. The summed E-state index contributed by atoms with van der Waals surface area (Å²) in [7, 11) is 0. The molecular formula is C27H33N5O7. The van der Waals surface area contributed by atoms with E-state index in [-0.39, 0.29) is 30.5 Å². The van der Waals surface area contributed by atoms with Crippen LogP contribution < -0.4 is 20.3 Å². The van der Waals surface area contributed by atoms with E-state index in [0.717, 1.165) is 5.82 Å². The predicted molar refractivity (Wildman–Crippen MR) is 141 cm³/mol. The number of rotatable bonds is 7. The van der Waals surface area contributed by atoms with Crippen molar-refractivity contribution in [3.8, 4) is 11.5 Å². The van der Waals surface area contributed by atoms with E-state index >= 15 is 0 Å². The molecule has 0 radical (unpaired) electrons. The number of hydrogen-bond acceptors (Lipinski definition) is 9. The number of carboxylic acid groups (broad SMARTS) is 1. The molecule has 3 heterocycles. The Morgan fingerprint density at radius 1 is 1.10 bits per heavy atom. The lowest BCUT2D eigenvalue weighted by Crippen LogP contribution is -2.50. The van der Waals surface area contributed by atoms with Gasteiger partial charge in [0.15, 0.2) is 0 Å². The van der Waals surface area contributed by atoms with Crippen molar-refractivity contribution in [2.75, 3.05) is 31.1 Å². The second-order valence-corrected chi connectivity index (χ2v) is 10.4. The van der Waals surface area contributed by atoms with Crippen molar-refractivity contribution in [1.82, 2.24) is 20.5 Å². The summed E-state index contributed by atoms with van der Waals surface area (Å²) < 4.78 is 11.4. The van der Waals surface area contributed by atoms with Gasteiger partial charge in [-0.3, -0.25) is 14.9 Å². The summed E-state index contributed by atoms with van der Waals surface area (Å²) in [6.45, 7) is 7.93. The van der Waals surface area contributed by atoms with Crippen LogP contribution >= 0.6 is 0 Å². The second kappa shape index (κ2) is 11.7. The molecule has 3 N–H and O–H groups in total. The Balaban J connectivity index is 1.36. The molecule has 2 aromatic rings. The number of pyridine rings is 1. The molecule has 12 heteroatoms. The number of anilines is 1. The van der Waals surface area contributed by atoms with Gasteiger partial charge in [-0.1, -0.05) is 0 Å². The zero-order chi connectivity index (χ0) is 28.2. The molecule has 0 bridgehead atoms. The number of nitrogens with one attached hydrogen (secondary N) is 2. The molecule has 0 spiro atoms. The monoisotopic (exact) mass is 539 g/mol. The van der Waals surface area contributed by atoms with Crippen molar-refractivity contribution in [1.29, 1.82) is 0 Å². The summed E-state index contributed by atoms with van der Waals surface area (Å²) >= 11 is 0. The Morgan fingerprint density at radius 2 is 1.82 bits per heavy atom. The number of hydrogen-bond donors (Lipinski definition) is 3. The van der Waals surface area contributed by atoms with Crippen molar-refractivity contribution in [2.24, 2.45) is 0 Å². The average molecular weight is 540 g/mol. The third-order valence-electron chi connectivity index (χ3n) is 6.30.